The fourth-order valence-electron chi connectivity index (χ4n) is 1.53. The number of carbonyl (C=O) groups is 1. The Morgan fingerprint density at radius 1 is 1.11 bits per heavy atom. The second kappa shape index (κ2) is 5.69. The first-order valence-electron chi connectivity index (χ1n) is 5.47. The van der Waals surface area contributed by atoms with Crippen LogP contribution in [0.5, 0.6) is 0 Å². The molecule has 1 N–H and O–H groups in total. The van der Waals surface area contributed by atoms with Crippen LogP contribution < -0.4 is 5.32 Å². The number of thiol groups is 1. The molecule has 0 aromatic heterocycles. The molecule has 0 aliphatic rings. The quantitative estimate of drug-likeness (QED) is 0.817. The molecule has 0 aliphatic heterocycles. The lowest BCUT2D eigenvalue weighted by Gasteiger charge is -2.06. The van der Waals surface area contributed by atoms with Gasteiger partial charge >= 0.3 is 0 Å². The summed E-state index contributed by atoms with van der Waals surface area (Å²) in [7, 11) is 0. The van der Waals surface area contributed by atoms with E-state index in [4.69, 9.17) is 0 Å². The van der Waals surface area contributed by atoms with Crippen LogP contribution in [-0.2, 0) is 6.54 Å². The maximum atomic E-state index is 13.3. The maximum absolute atomic E-state index is 13.3. The molecule has 0 saturated carbocycles. The molecule has 0 radical (unpaired) electrons. The minimum atomic E-state index is -0.316. The predicted octanol–water partition coefficient (Wildman–Crippen LogP) is 3.04. The number of rotatable bonds is 3. The van der Waals surface area contributed by atoms with Gasteiger partial charge in [-0.1, -0.05) is 18.2 Å². The molecule has 0 heterocycles. The van der Waals surface area contributed by atoms with Gasteiger partial charge in [0.1, 0.15) is 5.82 Å². The number of halogens is 1. The van der Waals surface area contributed by atoms with Crippen LogP contribution in [0.1, 0.15) is 15.9 Å². The van der Waals surface area contributed by atoms with Crippen LogP contribution in [0.2, 0.25) is 0 Å². The second-order valence-electron chi connectivity index (χ2n) is 3.82. The van der Waals surface area contributed by atoms with E-state index in [0.717, 1.165) is 4.90 Å². The molecule has 0 atom stereocenters. The Morgan fingerprint density at radius 2 is 1.78 bits per heavy atom. The third-order valence-electron chi connectivity index (χ3n) is 2.53. The summed E-state index contributed by atoms with van der Waals surface area (Å²) in [6.07, 6.45) is 0. The molecule has 0 spiro atoms. The Balaban J connectivity index is 2.01. The lowest BCUT2D eigenvalue weighted by molar-refractivity contribution is 0.0950. The van der Waals surface area contributed by atoms with Gasteiger partial charge in [-0.2, -0.15) is 0 Å². The summed E-state index contributed by atoms with van der Waals surface area (Å²) in [6, 6.07) is 13.2. The van der Waals surface area contributed by atoms with Crippen molar-refractivity contribution in [1.82, 2.24) is 5.32 Å². The molecular formula is C14H12FNOS. The smallest absolute Gasteiger partial charge is 0.251 e. The van der Waals surface area contributed by atoms with Crippen molar-refractivity contribution in [2.45, 2.75) is 11.4 Å². The number of nitrogens with one attached hydrogen (secondary N) is 1. The summed E-state index contributed by atoms with van der Waals surface area (Å²) < 4.78 is 13.3. The van der Waals surface area contributed by atoms with Crippen LogP contribution in [-0.4, -0.2) is 5.91 Å². The van der Waals surface area contributed by atoms with Gasteiger partial charge < -0.3 is 5.32 Å². The van der Waals surface area contributed by atoms with Gasteiger partial charge in [-0.3, -0.25) is 4.79 Å². The maximum Gasteiger partial charge on any atom is 0.251 e. The molecule has 0 unspecified atom stereocenters. The van der Waals surface area contributed by atoms with Crippen molar-refractivity contribution in [3.8, 4) is 0 Å². The summed E-state index contributed by atoms with van der Waals surface area (Å²) in [5, 5.41) is 2.67. The van der Waals surface area contributed by atoms with Gasteiger partial charge in [0.15, 0.2) is 0 Å². The van der Waals surface area contributed by atoms with Crippen molar-refractivity contribution >= 4 is 18.5 Å². The molecular weight excluding hydrogens is 249 g/mol. The molecule has 0 bridgehead atoms. The molecule has 2 aromatic carbocycles. The summed E-state index contributed by atoms with van der Waals surface area (Å²) >= 11 is 4.14. The third kappa shape index (κ3) is 3.11. The highest BCUT2D eigenvalue weighted by Crippen LogP contribution is 2.09. The molecule has 0 aliphatic carbocycles. The topological polar surface area (TPSA) is 29.1 Å². The highest BCUT2D eigenvalue weighted by atomic mass is 32.1. The lowest BCUT2D eigenvalue weighted by Crippen LogP contribution is -2.23. The Morgan fingerprint density at radius 3 is 2.44 bits per heavy atom. The van der Waals surface area contributed by atoms with Gasteiger partial charge in [-0.05, 0) is 30.3 Å². The summed E-state index contributed by atoms with van der Waals surface area (Å²) in [6.45, 7) is 0.175. The van der Waals surface area contributed by atoms with E-state index in [9.17, 15) is 9.18 Å². The largest absolute Gasteiger partial charge is 0.348 e. The van der Waals surface area contributed by atoms with Crippen LogP contribution in [0.25, 0.3) is 0 Å². The Kier molecular flexibility index (Phi) is 3.99. The van der Waals surface area contributed by atoms with Crippen molar-refractivity contribution in [3.63, 3.8) is 0 Å². The molecule has 2 rings (SSSR count). The SMILES string of the molecule is O=C(NCc1ccccc1F)c1ccc(S)cc1. The standard InChI is InChI=1S/C14H12FNOS/c15-13-4-2-1-3-11(13)9-16-14(17)10-5-7-12(18)8-6-10/h1-8,18H,9H2,(H,16,17). The van der Waals surface area contributed by atoms with Crippen molar-refractivity contribution in [2.75, 3.05) is 0 Å². The average Bonchev–Trinajstić information content (AvgIpc) is 2.38. The first-order chi connectivity index (χ1) is 8.66. The Bertz CT molecular complexity index is 554. The van der Waals surface area contributed by atoms with Crippen LogP contribution in [0.15, 0.2) is 53.4 Å². The van der Waals surface area contributed by atoms with Crippen LogP contribution in [0.3, 0.4) is 0 Å². The van der Waals surface area contributed by atoms with E-state index < -0.39 is 0 Å². The zero-order valence-electron chi connectivity index (χ0n) is 9.56. The van der Waals surface area contributed by atoms with E-state index in [1.807, 2.05) is 0 Å². The molecule has 0 saturated heterocycles. The van der Waals surface area contributed by atoms with E-state index in [0.29, 0.717) is 11.1 Å². The fraction of sp³-hybridized carbons (Fsp3) is 0.0714. The fourth-order valence-corrected chi connectivity index (χ4v) is 1.68. The van der Waals surface area contributed by atoms with E-state index in [-0.39, 0.29) is 18.3 Å². The summed E-state index contributed by atoms with van der Waals surface area (Å²) in [4.78, 5) is 12.6. The van der Waals surface area contributed by atoms with Gasteiger partial charge in [0, 0.05) is 22.6 Å². The number of hydrogen-bond donors (Lipinski definition) is 2. The third-order valence-corrected chi connectivity index (χ3v) is 2.82. The normalized spacial score (nSPS) is 10.1. The minimum absolute atomic E-state index is 0.175. The van der Waals surface area contributed by atoms with Gasteiger partial charge in [-0.15, -0.1) is 12.6 Å². The van der Waals surface area contributed by atoms with Crippen molar-refractivity contribution in [3.05, 3.63) is 65.5 Å². The van der Waals surface area contributed by atoms with Gasteiger partial charge in [0.25, 0.3) is 5.91 Å². The number of amides is 1. The average molecular weight is 261 g/mol. The Hall–Kier alpha value is -1.81. The predicted molar refractivity (Wildman–Crippen MR) is 71.3 cm³/mol. The van der Waals surface area contributed by atoms with Crippen molar-refractivity contribution in [1.29, 1.82) is 0 Å². The van der Waals surface area contributed by atoms with E-state index in [1.54, 1.807) is 42.5 Å². The zero-order valence-corrected chi connectivity index (χ0v) is 10.5. The molecule has 0 fully saturated rings. The minimum Gasteiger partial charge on any atom is -0.348 e. The van der Waals surface area contributed by atoms with Crippen LogP contribution in [0.4, 0.5) is 4.39 Å². The molecule has 2 nitrogen and oxygen atoms in total. The summed E-state index contributed by atoms with van der Waals surface area (Å²) in [5.74, 6) is -0.546. The zero-order chi connectivity index (χ0) is 13.0. The summed E-state index contributed by atoms with van der Waals surface area (Å²) in [5.41, 5.74) is 1.00. The molecule has 1 amide bonds. The number of carbonyl (C=O) groups excluding carboxylic acids is 1. The monoisotopic (exact) mass is 261 g/mol. The van der Waals surface area contributed by atoms with Crippen LogP contribution in [0, 0.1) is 5.82 Å². The first-order valence-corrected chi connectivity index (χ1v) is 5.92. The van der Waals surface area contributed by atoms with Crippen LogP contribution >= 0.6 is 12.6 Å². The van der Waals surface area contributed by atoms with Gasteiger partial charge in [0.2, 0.25) is 0 Å². The van der Waals surface area contributed by atoms with Crippen molar-refractivity contribution < 1.29 is 9.18 Å². The van der Waals surface area contributed by atoms with E-state index >= 15 is 0 Å². The number of hydrogen-bond acceptors (Lipinski definition) is 2. The van der Waals surface area contributed by atoms with E-state index in [2.05, 4.69) is 17.9 Å². The highest BCUT2D eigenvalue weighted by Gasteiger charge is 2.06. The van der Waals surface area contributed by atoms with Gasteiger partial charge in [0.05, 0.1) is 0 Å². The van der Waals surface area contributed by atoms with E-state index in [1.165, 1.54) is 6.07 Å². The molecule has 4 heteroatoms. The molecule has 92 valence electrons. The highest BCUT2D eigenvalue weighted by molar-refractivity contribution is 7.80. The molecule has 2 aromatic rings. The first kappa shape index (κ1) is 12.6. The Labute approximate surface area is 110 Å². The van der Waals surface area contributed by atoms with Crippen molar-refractivity contribution in [2.24, 2.45) is 0 Å². The van der Waals surface area contributed by atoms with Gasteiger partial charge in [-0.25, -0.2) is 4.39 Å². The lowest BCUT2D eigenvalue weighted by atomic mass is 10.2. The molecule has 18 heavy (non-hydrogen) atoms. The second-order valence-corrected chi connectivity index (χ2v) is 4.34. The number of benzene rings is 2.